The smallest absolute Gasteiger partial charge is 0.155 e. The highest BCUT2D eigenvalue weighted by Crippen LogP contribution is 2.52. The fraction of sp³-hybridized carbons (Fsp3) is 0.433. The van der Waals surface area contributed by atoms with Gasteiger partial charge in [0.15, 0.2) is 5.82 Å². The van der Waals surface area contributed by atoms with E-state index in [9.17, 15) is 8.60 Å². The molecule has 0 bridgehead atoms. The maximum atomic E-state index is 15.0. The van der Waals surface area contributed by atoms with Gasteiger partial charge in [-0.2, -0.15) is 5.10 Å². The van der Waals surface area contributed by atoms with Crippen LogP contribution in [0.15, 0.2) is 48.8 Å². The zero-order valence-corrected chi connectivity index (χ0v) is 24.4. The molecule has 1 aromatic carbocycles. The van der Waals surface area contributed by atoms with Crippen molar-refractivity contribution in [1.29, 1.82) is 0 Å². The SMILES string of the molecule is COc1ccc(F)c(-c2c(C)nc(N3CCC4(CC3)Cc3ncccc3[C@H]4NS(=O)C(C)(C)C)c3ccnn23)c1. The number of ether oxygens (including phenoxy) is 1. The molecular weight excluding hydrogens is 527 g/mol. The molecule has 0 amide bonds. The van der Waals surface area contributed by atoms with E-state index in [0.717, 1.165) is 54.9 Å². The molecule has 4 heterocycles. The highest BCUT2D eigenvalue weighted by molar-refractivity contribution is 7.84. The van der Waals surface area contributed by atoms with Gasteiger partial charge >= 0.3 is 0 Å². The van der Waals surface area contributed by atoms with E-state index in [-0.39, 0.29) is 22.0 Å². The monoisotopic (exact) mass is 562 g/mol. The first kappa shape index (κ1) is 26.8. The van der Waals surface area contributed by atoms with Crippen LogP contribution in [-0.2, 0) is 17.4 Å². The third kappa shape index (κ3) is 4.47. The summed E-state index contributed by atoms with van der Waals surface area (Å²) in [4.78, 5) is 12.0. The van der Waals surface area contributed by atoms with E-state index < -0.39 is 11.0 Å². The number of benzene rings is 1. The summed E-state index contributed by atoms with van der Waals surface area (Å²) in [6, 6.07) is 10.7. The van der Waals surface area contributed by atoms with Gasteiger partial charge in [-0.3, -0.25) is 4.98 Å². The quantitative estimate of drug-likeness (QED) is 0.361. The van der Waals surface area contributed by atoms with Gasteiger partial charge in [0.2, 0.25) is 0 Å². The molecule has 1 spiro atoms. The molecule has 1 fully saturated rings. The average molecular weight is 563 g/mol. The minimum absolute atomic E-state index is 0.0264. The van der Waals surface area contributed by atoms with Gasteiger partial charge in [0.05, 0.1) is 46.5 Å². The Balaban J connectivity index is 1.32. The molecule has 40 heavy (non-hydrogen) atoms. The van der Waals surface area contributed by atoms with Crippen LogP contribution in [0.4, 0.5) is 10.2 Å². The van der Waals surface area contributed by atoms with Crippen LogP contribution in [0.5, 0.6) is 5.75 Å². The minimum Gasteiger partial charge on any atom is -0.497 e. The van der Waals surface area contributed by atoms with E-state index >= 15 is 0 Å². The fourth-order valence-corrected chi connectivity index (χ4v) is 7.10. The summed E-state index contributed by atoms with van der Waals surface area (Å²) < 4.78 is 38.5. The van der Waals surface area contributed by atoms with Crippen molar-refractivity contribution in [2.24, 2.45) is 5.41 Å². The number of aromatic nitrogens is 4. The zero-order valence-electron chi connectivity index (χ0n) is 23.6. The molecule has 1 aliphatic carbocycles. The number of hydrogen-bond donors (Lipinski definition) is 1. The lowest BCUT2D eigenvalue weighted by atomic mass is 9.73. The summed E-state index contributed by atoms with van der Waals surface area (Å²) >= 11 is 0. The van der Waals surface area contributed by atoms with Crippen LogP contribution in [0, 0.1) is 18.2 Å². The molecule has 210 valence electrons. The van der Waals surface area contributed by atoms with Gasteiger partial charge < -0.3 is 9.64 Å². The predicted octanol–water partition coefficient (Wildman–Crippen LogP) is 5.18. The van der Waals surface area contributed by atoms with Crippen LogP contribution in [0.3, 0.4) is 0 Å². The van der Waals surface area contributed by atoms with Crippen LogP contribution in [0.1, 0.15) is 56.6 Å². The summed E-state index contributed by atoms with van der Waals surface area (Å²) in [5.74, 6) is 1.06. The molecule has 0 radical (unpaired) electrons. The second-order valence-corrected chi connectivity index (χ2v) is 13.8. The van der Waals surface area contributed by atoms with Gasteiger partial charge in [-0.1, -0.05) is 6.07 Å². The van der Waals surface area contributed by atoms with Crippen LogP contribution >= 0.6 is 0 Å². The number of anilines is 1. The molecule has 2 atom stereocenters. The largest absolute Gasteiger partial charge is 0.497 e. The first-order valence-corrected chi connectivity index (χ1v) is 14.8. The summed E-state index contributed by atoms with van der Waals surface area (Å²) in [5.41, 5.74) is 4.71. The lowest BCUT2D eigenvalue weighted by Crippen LogP contribution is -2.48. The number of nitrogens with one attached hydrogen (secondary N) is 1. The lowest BCUT2D eigenvalue weighted by Gasteiger charge is -2.44. The molecule has 4 aromatic rings. The molecule has 3 aromatic heterocycles. The summed E-state index contributed by atoms with van der Waals surface area (Å²) in [6.07, 6.45) is 6.23. The van der Waals surface area contributed by atoms with Gasteiger partial charge in [-0.15, -0.1) is 0 Å². The molecule has 1 saturated heterocycles. The number of aryl methyl sites for hydroxylation is 1. The van der Waals surface area contributed by atoms with E-state index in [4.69, 9.17) is 14.7 Å². The summed E-state index contributed by atoms with van der Waals surface area (Å²) in [7, 11) is 0.364. The van der Waals surface area contributed by atoms with Crippen molar-refractivity contribution in [2.75, 3.05) is 25.1 Å². The highest BCUT2D eigenvalue weighted by Gasteiger charge is 2.49. The number of nitrogens with zero attached hydrogens (tertiary/aromatic N) is 5. The van der Waals surface area contributed by atoms with Crippen molar-refractivity contribution >= 4 is 22.3 Å². The molecule has 1 aliphatic heterocycles. The van der Waals surface area contributed by atoms with Crippen molar-refractivity contribution in [3.63, 3.8) is 0 Å². The summed E-state index contributed by atoms with van der Waals surface area (Å²) in [6.45, 7) is 9.46. The van der Waals surface area contributed by atoms with Crippen LogP contribution in [0.2, 0.25) is 0 Å². The molecule has 8 nitrogen and oxygen atoms in total. The number of hydrogen-bond acceptors (Lipinski definition) is 6. The van der Waals surface area contributed by atoms with Gasteiger partial charge in [0, 0.05) is 30.5 Å². The number of pyridine rings is 1. The van der Waals surface area contributed by atoms with Crippen molar-refractivity contribution in [3.8, 4) is 17.0 Å². The lowest BCUT2D eigenvalue weighted by molar-refractivity contribution is 0.177. The van der Waals surface area contributed by atoms with Gasteiger partial charge in [0.25, 0.3) is 0 Å². The Morgan fingerprint density at radius 2 is 1.93 bits per heavy atom. The third-order valence-corrected chi connectivity index (χ3v) is 9.90. The highest BCUT2D eigenvalue weighted by atomic mass is 32.2. The molecule has 1 N–H and O–H groups in total. The maximum absolute atomic E-state index is 15.0. The van der Waals surface area contributed by atoms with E-state index in [1.807, 2.05) is 46.0 Å². The van der Waals surface area contributed by atoms with Crippen molar-refractivity contribution in [2.45, 2.75) is 57.7 Å². The first-order chi connectivity index (χ1) is 19.1. The van der Waals surface area contributed by atoms with Gasteiger partial charge in [-0.05, 0) is 88.3 Å². The minimum atomic E-state index is -1.20. The Kier molecular flexibility index (Phi) is 6.65. The molecular formula is C30H35FN6O2S. The average Bonchev–Trinajstić information content (AvgIpc) is 3.52. The standard InChI is InChI=1S/C30H35FN6O2S/c1-19-26(22-17-20(39-5)8-9-23(22)31)37-25(10-14-33-37)28(34-19)36-15-11-30(12-16-36)18-24-21(7-6-13-32-24)27(30)35-40(38)29(2,3)4/h6-10,13-14,17,27,35H,11-12,15-16,18H2,1-5H3/t27-,40?/m1/s1. The number of methoxy groups -OCH3 is 1. The Morgan fingerprint density at radius 3 is 2.65 bits per heavy atom. The number of rotatable bonds is 5. The normalized spacial score (nSPS) is 19.2. The third-order valence-electron chi connectivity index (χ3n) is 8.34. The maximum Gasteiger partial charge on any atom is 0.155 e. The zero-order chi connectivity index (χ0) is 28.2. The number of piperidine rings is 1. The topological polar surface area (TPSA) is 84.6 Å². The molecule has 6 rings (SSSR count). The number of halogens is 1. The van der Waals surface area contributed by atoms with Crippen LogP contribution in [-0.4, -0.2) is 48.7 Å². The molecule has 2 aliphatic rings. The van der Waals surface area contributed by atoms with E-state index in [1.165, 1.54) is 6.07 Å². The van der Waals surface area contributed by atoms with Crippen molar-refractivity contribution in [1.82, 2.24) is 24.3 Å². The van der Waals surface area contributed by atoms with Gasteiger partial charge in [-0.25, -0.2) is 22.8 Å². The van der Waals surface area contributed by atoms with Gasteiger partial charge in [0.1, 0.15) is 17.1 Å². The molecule has 0 saturated carbocycles. The van der Waals surface area contributed by atoms with Crippen molar-refractivity contribution in [3.05, 3.63) is 71.6 Å². The Morgan fingerprint density at radius 1 is 1.15 bits per heavy atom. The molecule has 1 unspecified atom stereocenters. The fourth-order valence-electron chi connectivity index (χ4n) is 6.16. The second kappa shape index (κ2) is 9.92. The number of fused-ring (bicyclic) bond motifs is 2. The first-order valence-electron chi connectivity index (χ1n) is 13.7. The van der Waals surface area contributed by atoms with E-state index in [2.05, 4.69) is 20.8 Å². The van der Waals surface area contributed by atoms with E-state index in [1.54, 1.807) is 30.0 Å². The van der Waals surface area contributed by atoms with Crippen LogP contribution in [0.25, 0.3) is 16.8 Å². The predicted molar refractivity (Wildman–Crippen MR) is 155 cm³/mol. The second-order valence-electron chi connectivity index (χ2n) is 11.8. The van der Waals surface area contributed by atoms with Crippen LogP contribution < -0.4 is 14.4 Å². The Labute approximate surface area is 236 Å². The summed E-state index contributed by atoms with van der Waals surface area (Å²) in [5, 5.41) is 4.56. The Hall–Kier alpha value is -3.37. The van der Waals surface area contributed by atoms with E-state index in [0.29, 0.717) is 22.7 Å². The van der Waals surface area contributed by atoms with Crippen molar-refractivity contribution < 1.29 is 13.3 Å². The molecule has 10 heteroatoms. The Bertz CT molecular complexity index is 1610.